The first-order valence-electron chi connectivity index (χ1n) is 8.35. The van der Waals surface area contributed by atoms with Gasteiger partial charge < -0.3 is 5.32 Å². The van der Waals surface area contributed by atoms with Crippen molar-refractivity contribution in [2.45, 2.75) is 13.3 Å². The van der Waals surface area contributed by atoms with Gasteiger partial charge in [-0.05, 0) is 30.7 Å². The Morgan fingerprint density at radius 3 is 2.50 bits per heavy atom. The van der Waals surface area contributed by atoms with Gasteiger partial charge in [0.15, 0.2) is 5.82 Å². The summed E-state index contributed by atoms with van der Waals surface area (Å²) >= 11 is 0. The molecule has 128 valence electrons. The van der Waals surface area contributed by atoms with Crippen molar-refractivity contribution in [3.63, 3.8) is 0 Å². The highest BCUT2D eigenvalue weighted by atomic mass is 16.1. The molecular formula is C20H16N4O2. The molecule has 1 aliphatic carbocycles. The Kier molecular flexibility index (Phi) is 3.93. The van der Waals surface area contributed by atoms with E-state index in [0.717, 1.165) is 5.69 Å². The number of fused-ring (bicyclic) bond motifs is 1. The summed E-state index contributed by atoms with van der Waals surface area (Å²) in [4.78, 5) is 29.9. The standard InChI is InChI=1S/C20H16N4O2/c1-2-15-18-19(23-24(15)17-10-6-7-11-21-17)16(25)12-14(20(18)26)22-13-8-4-3-5-9-13/h3-12,22H,2H2,1H3. The third kappa shape index (κ3) is 2.61. The van der Waals surface area contributed by atoms with E-state index in [2.05, 4.69) is 15.4 Å². The van der Waals surface area contributed by atoms with Gasteiger partial charge in [-0.3, -0.25) is 9.59 Å². The average Bonchev–Trinajstić information content (AvgIpc) is 3.08. The molecule has 26 heavy (non-hydrogen) atoms. The van der Waals surface area contributed by atoms with E-state index in [9.17, 15) is 9.59 Å². The molecule has 6 nitrogen and oxygen atoms in total. The van der Waals surface area contributed by atoms with E-state index in [0.29, 0.717) is 23.5 Å². The molecule has 6 heteroatoms. The summed E-state index contributed by atoms with van der Waals surface area (Å²) in [5, 5.41) is 7.42. The van der Waals surface area contributed by atoms with Gasteiger partial charge in [-0.15, -0.1) is 0 Å². The Labute approximate surface area is 150 Å². The number of rotatable bonds is 4. The van der Waals surface area contributed by atoms with Gasteiger partial charge in [0.1, 0.15) is 5.69 Å². The molecule has 0 saturated heterocycles. The number of pyridine rings is 1. The maximum absolute atomic E-state index is 13.0. The minimum absolute atomic E-state index is 0.177. The van der Waals surface area contributed by atoms with Crippen LogP contribution in [0.4, 0.5) is 5.69 Å². The monoisotopic (exact) mass is 344 g/mol. The van der Waals surface area contributed by atoms with Crippen molar-refractivity contribution in [3.8, 4) is 5.82 Å². The lowest BCUT2D eigenvalue weighted by atomic mass is 9.95. The SMILES string of the molecule is CCc1c2c(nn1-c1ccccn1)C(=O)C=C(Nc1ccccc1)C2=O. The Morgan fingerprint density at radius 1 is 1.04 bits per heavy atom. The zero-order chi connectivity index (χ0) is 18.1. The first-order valence-corrected chi connectivity index (χ1v) is 8.35. The first kappa shape index (κ1) is 16.0. The molecule has 3 aromatic rings. The third-order valence-electron chi connectivity index (χ3n) is 4.22. The molecule has 2 heterocycles. The van der Waals surface area contributed by atoms with Gasteiger partial charge in [0, 0.05) is 18.0 Å². The number of allylic oxidation sites excluding steroid dienone is 2. The van der Waals surface area contributed by atoms with E-state index in [1.807, 2.05) is 43.3 Å². The normalized spacial score (nSPS) is 13.3. The number of anilines is 1. The number of para-hydroxylation sites is 1. The number of carbonyl (C=O) groups is 2. The lowest BCUT2D eigenvalue weighted by Crippen LogP contribution is -2.21. The Morgan fingerprint density at radius 2 is 1.81 bits per heavy atom. The Balaban J connectivity index is 1.79. The van der Waals surface area contributed by atoms with Crippen LogP contribution in [0.15, 0.2) is 66.5 Å². The van der Waals surface area contributed by atoms with Gasteiger partial charge in [-0.2, -0.15) is 5.10 Å². The van der Waals surface area contributed by atoms with Crippen LogP contribution in [0.2, 0.25) is 0 Å². The van der Waals surface area contributed by atoms with E-state index in [1.165, 1.54) is 6.08 Å². The zero-order valence-corrected chi connectivity index (χ0v) is 14.1. The van der Waals surface area contributed by atoms with Gasteiger partial charge in [-0.25, -0.2) is 9.67 Å². The van der Waals surface area contributed by atoms with Crippen LogP contribution in [0, 0.1) is 0 Å². The molecule has 1 aliphatic rings. The van der Waals surface area contributed by atoms with E-state index < -0.39 is 0 Å². The number of nitrogens with zero attached hydrogens (tertiary/aromatic N) is 3. The van der Waals surface area contributed by atoms with Crippen LogP contribution in [0.5, 0.6) is 0 Å². The van der Waals surface area contributed by atoms with Gasteiger partial charge in [-0.1, -0.05) is 31.2 Å². The number of nitrogens with one attached hydrogen (secondary N) is 1. The van der Waals surface area contributed by atoms with Gasteiger partial charge in [0.25, 0.3) is 0 Å². The summed E-state index contributed by atoms with van der Waals surface area (Å²) in [5.74, 6) is 0.0572. The molecule has 0 saturated carbocycles. The van der Waals surface area contributed by atoms with Crippen molar-refractivity contribution in [3.05, 3.63) is 83.5 Å². The van der Waals surface area contributed by atoms with Crippen molar-refractivity contribution < 1.29 is 9.59 Å². The van der Waals surface area contributed by atoms with Gasteiger partial charge in [0.2, 0.25) is 11.6 Å². The predicted octanol–water partition coefficient (Wildman–Crippen LogP) is 3.20. The third-order valence-corrected chi connectivity index (χ3v) is 4.22. The number of ketones is 2. The number of Topliss-reactive ketones (excluding diaryl/α,β-unsaturated/α-hetero) is 1. The number of carbonyl (C=O) groups excluding carboxylic acids is 2. The predicted molar refractivity (Wildman–Crippen MR) is 97.5 cm³/mol. The Hall–Kier alpha value is -3.54. The molecule has 0 spiro atoms. The minimum Gasteiger partial charge on any atom is -0.352 e. The number of hydrogen-bond acceptors (Lipinski definition) is 5. The van der Waals surface area contributed by atoms with Crippen LogP contribution in [0.1, 0.15) is 33.5 Å². The molecular weight excluding hydrogens is 328 g/mol. The largest absolute Gasteiger partial charge is 0.352 e. The molecule has 0 bridgehead atoms. The molecule has 0 atom stereocenters. The second kappa shape index (κ2) is 6.40. The molecule has 0 aliphatic heterocycles. The van der Waals surface area contributed by atoms with Crippen LogP contribution in [-0.4, -0.2) is 26.3 Å². The quantitative estimate of drug-likeness (QED) is 0.786. The minimum atomic E-state index is -0.289. The fraction of sp³-hybridized carbons (Fsp3) is 0.100. The molecule has 0 radical (unpaired) electrons. The second-order valence-corrected chi connectivity index (χ2v) is 5.87. The zero-order valence-electron chi connectivity index (χ0n) is 14.1. The number of hydrogen-bond donors (Lipinski definition) is 1. The molecule has 2 aromatic heterocycles. The highest BCUT2D eigenvalue weighted by Gasteiger charge is 2.33. The van der Waals surface area contributed by atoms with Crippen LogP contribution in [0.3, 0.4) is 0 Å². The van der Waals surface area contributed by atoms with Crippen molar-refractivity contribution in [2.75, 3.05) is 5.32 Å². The van der Waals surface area contributed by atoms with E-state index in [-0.39, 0.29) is 23.0 Å². The van der Waals surface area contributed by atoms with Crippen molar-refractivity contribution in [1.29, 1.82) is 0 Å². The van der Waals surface area contributed by atoms with E-state index >= 15 is 0 Å². The lowest BCUT2D eigenvalue weighted by Gasteiger charge is -2.14. The molecule has 1 N–H and O–H groups in total. The molecule has 4 rings (SSSR count). The fourth-order valence-electron chi connectivity index (χ4n) is 3.03. The number of aromatic nitrogens is 3. The van der Waals surface area contributed by atoms with Gasteiger partial charge in [0.05, 0.1) is 17.0 Å². The molecule has 0 fully saturated rings. The average molecular weight is 344 g/mol. The fourth-order valence-corrected chi connectivity index (χ4v) is 3.03. The topological polar surface area (TPSA) is 76.9 Å². The lowest BCUT2D eigenvalue weighted by molar-refractivity contribution is 0.0983. The molecule has 0 amide bonds. The summed E-state index contributed by atoms with van der Waals surface area (Å²) in [7, 11) is 0. The van der Waals surface area contributed by atoms with Crippen LogP contribution < -0.4 is 5.32 Å². The van der Waals surface area contributed by atoms with Crippen LogP contribution >= 0.6 is 0 Å². The summed E-state index contributed by atoms with van der Waals surface area (Å²) < 4.78 is 1.58. The maximum Gasteiger partial charge on any atom is 0.213 e. The summed E-state index contributed by atoms with van der Waals surface area (Å²) in [6.07, 6.45) is 3.52. The highest BCUT2D eigenvalue weighted by Crippen LogP contribution is 2.27. The summed E-state index contributed by atoms with van der Waals surface area (Å²) in [5.41, 5.74) is 2.21. The van der Waals surface area contributed by atoms with Crippen molar-refractivity contribution >= 4 is 17.3 Å². The van der Waals surface area contributed by atoms with Crippen molar-refractivity contribution in [1.82, 2.24) is 14.8 Å². The Bertz CT molecular complexity index is 1020. The van der Waals surface area contributed by atoms with Crippen LogP contribution in [-0.2, 0) is 6.42 Å². The van der Waals surface area contributed by atoms with Gasteiger partial charge >= 0.3 is 0 Å². The molecule has 0 unspecified atom stereocenters. The highest BCUT2D eigenvalue weighted by molar-refractivity contribution is 6.25. The summed E-state index contributed by atoms with van der Waals surface area (Å²) in [6, 6.07) is 14.7. The molecule has 1 aromatic carbocycles. The van der Waals surface area contributed by atoms with E-state index in [4.69, 9.17) is 0 Å². The smallest absolute Gasteiger partial charge is 0.213 e. The first-order chi connectivity index (χ1) is 12.7. The van der Waals surface area contributed by atoms with E-state index in [1.54, 1.807) is 23.0 Å². The summed E-state index contributed by atoms with van der Waals surface area (Å²) in [6.45, 7) is 1.93. The maximum atomic E-state index is 13.0. The van der Waals surface area contributed by atoms with Crippen molar-refractivity contribution in [2.24, 2.45) is 0 Å². The second-order valence-electron chi connectivity index (χ2n) is 5.87. The number of benzene rings is 1. The van der Waals surface area contributed by atoms with Crippen LogP contribution in [0.25, 0.3) is 5.82 Å².